The molecule has 8 nitrogen and oxygen atoms in total. The van der Waals surface area contributed by atoms with Gasteiger partial charge in [0.05, 0.1) is 6.61 Å². The molecule has 2 atom stereocenters. The Kier molecular flexibility index (Phi) is 7.61. The first-order chi connectivity index (χ1) is 16.1. The highest BCUT2D eigenvalue weighted by atomic mass is 16.5. The van der Waals surface area contributed by atoms with Gasteiger partial charge in [-0.15, -0.1) is 0 Å². The van der Waals surface area contributed by atoms with Crippen molar-refractivity contribution in [3.05, 3.63) is 59.7 Å². The third-order valence-corrected chi connectivity index (χ3v) is 6.27. The second-order valence-corrected chi connectivity index (χ2v) is 9.06. The highest BCUT2D eigenvalue weighted by Crippen LogP contribution is 2.44. The zero-order valence-corrected chi connectivity index (χ0v) is 20.0. The number of methoxy groups -OCH3 is 1. The van der Waals surface area contributed by atoms with Crippen molar-refractivity contribution in [2.45, 2.75) is 50.6 Å². The zero-order chi connectivity index (χ0) is 24.9. The van der Waals surface area contributed by atoms with Gasteiger partial charge in [0.2, 0.25) is 5.91 Å². The third kappa shape index (κ3) is 5.07. The number of hydrogen-bond donors (Lipinski definition) is 3. The maximum atomic E-state index is 13.0. The molecule has 3 N–H and O–H groups in total. The van der Waals surface area contributed by atoms with Gasteiger partial charge >= 0.3 is 12.1 Å². The van der Waals surface area contributed by atoms with Gasteiger partial charge in [0, 0.05) is 13.0 Å². The summed E-state index contributed by atoms with van der Waals surface area (Å²) in [6.07, 6.45) is 0.00969. The lowest BCUT2D eigenvalue weighted by Crippen LogP contribution is -2.65. The Morgan fingerprint density at radius 1 is 0.941 bits per heavy atom. The summed E-state index contributed by atoms with van der Waals surface area (Å²) in [7, 11) is 1.40. The molecule has 2 amide bonds. The summed E-state index contributed by atoms with van der Waals surface area (Å²) >= 11 is 0. The van der Waals surface area contributed by atoms with Crippen molar-refractivity contribution >= 4 is 18.0 Å². The van der Waals surface area contributed by atoms with E-state index in [0.29, 0.717) is 6.42 Å². The Morgan fingerprint density at radius 2 is 1.50 bits per heavy atom. The lowest BCUT2D eigenvalue weighted by molar-refractivity contribution is -0.148. The van der Waals surface area contributed by atoms with Crippen molar-refractivity contribution in [1.82, 2.24) is 10.6 Å². The molecule has 2 unspecified atom stereocenters. The molecule has 34 heavy (non-hydrogen) atoms. The second-order valence-electron chi connectivity index (χ2n) is 9.06. The number of rotatable bonds is 10. The van der Waals surface area contributed by atoms with Crippen LogP contribution in [0, 0.1) is 0 Å². The molecule has 0 spiro atoms. The molecular formula is C26H32N2O6. The van der Waals surface area contributed by atoms with Crippen LogP contribution in [-0.2, 0) is 19.1 Å². The van der Waals surface area contributed by atoms with E-state index in [4.69, 9.17) is 9.47 Å². The first-order valence-electron chi connectivity index (χ1n) is 11.3. The van der Waals surface area contributed by atoms with E-state index in [1.165, 1.54) is 21.0 Å². The summed E-state index contributed by atoms with van der Waals surface area (Å²) in [5.41, 5.74) is 1.38. The van der Waals surface area contributed by atoms with E-state index in [-0.39, 0.29) is 25.6 Å². The number of amides is 2. The minimum atomic E-state index is -1.53. The summed E-state index contributed by atoms with van der Waals surface area (Å²) in [6.45, 7) is 4.67. The number of nitrogens with one attached hydrogen (secondary N) is 2. The maximum absolute atomic E-state index is 13.0. The van der Waals surface area contributed by atoms with Crippen molar-refractivity contribution in [3.63, 3.8) is 0 Å². The van der Waals surface area contributed by atoms with Crippen LogP contribution in [0.2, 0.25) is 0 Å². The second kappa shape index (κ2) is 10.3. The van der Waals surface area contributed by atoms with Crippen LogP contribution in [0.25, 0.3) is 11.1 Å². The number of carboxylic acids is 1. The molecular weight excluding hydrogens is 436 g/mol. The normalized spacial score (nSPS) is 15.9. The van der Waals surface area contributed by atoms with Crippen molar-refractivity contribution in [2.24, 2.45) is 0 Å². The zero-order valence-electron chi connectivity index (χ0n) is 20.0. The van der Waals surface area contributed by atoms with Crippen molar-refractivity contribution < 1.29 is 29.0 Å². The van der Waals surface area contributed by atoms with Crippen molar-refractivity contribution in [2.75, 3.05) is 20.3 Å². The van der Waals surface area contributed by atoms with Gasteiger partial charge in [0.25, 0.3) is 0 Å². The number of carbonyl (C=O) groups is 3. The van der Waals surface area contributed by atoms with E-state index in [1.54, 1.807) is 0 Å². The Balaban J connectivity index is 1.72. The molecule has 0 heterocycles. The van der Waals surface area contributed by atoms with Gasteiger partial charge in [-0.25, -0.2) is 9.59 Å². The molecule has 0 aliphatic heterocycles. The van der Waals surface area contributed by atoms with E-state index < -0.39 is 29.0 Å². The predicted molar refractivity (Wildman–Crippen MR) is 128 cm³/mol. The highest BCUT2D eigenvalue weighted by Gasteiger charge is 2.42. The van der Waals surface area contributed by atoms with Crippen LogP contribution >= 0.6 is 0 Å². The average Bonchev–Trinajstić information content (AvgIpc) is 3.11. The summed E-state index contributed by atoms with van der Waals surface area (Å²) in [6, 6.07) is 16.0. The SMILES string of the molecule is CCCC(C)(NC(=O)C(C)(COC)NC(=O)OCC1c2ccccc2-c2ccccc21)C(=O)O. The highest BCUT2D eigenvalue weighted by molar-refractivity contribution is 5.94. The number of fused-ring (bicyclic) bond motifs is 3. The van der Waals surface area contributed by atoms with Gasteiger partial charge in [-0.2, -0.15) is 0 Å². The van der Waals surface area contributed by atoms with Crippen molar-refractivity contribution in [3.8, 4) is 11.1 Å². The van der Waals surface area contributed by atoms with E-state index >= 15 is 0 Å². The Labute approximate surface area is 199 Å². The minimum absolute atomic E-state index is 0.0905. The molecule has 0 aromatic heterocycles. The van der Waals surface area contributed by atoms with E-state index in [2.05, 4.69) is 10.6 Å². The molecule has 0 saturated carbocycles. The number of carbonyl (C=O) groups excluding carboxylic acids is 2. The van der Waals surface area contributed by atoms with Gasteiger partial charge in [-0.3, -0.25) is 4.79 Å². The van der Waals surface area contributed by atoms with Gasteiger partial charge in [-0.05, 0) is 42.5 Å². The number of alkyl carbamates (subject to hydrolysis) is 1. The fourth-order valence-corrected chi connectivity index (χ4v) is 4.42. The molecule has 182 valence electrons. The summed E-state index contributed by atoms with van der Waals surface area (Å²) in [5, 5.41) is 14.7. The van der Waals surface area contributed by atoms with Crippen molar-refractivity contribution in [1.29, 1.82) is 0 Å². The maximum Gasteiger partial charge on any atom is 0.408 e. The third-order valence-electron chi connectivity index (χ3n) is 6.27. The molecule has 1 aliphatic carbocycles. The molecule has 1 aliphatic rings. The molecule has 0 radical (unpaired) electrons. The summed E-state index contributed by atoms with van der Waals surface area (Å²) in [5.74, 6) is -1.94. The first-order valence-corrected chi connectivity index (χ1v) is 11.3. The monoisotopic (exact) mass is 468 g/mol. The van der Waals surface area contributed by atoms with Crippen LogP contribution in [-0.4, -0.2) is 54.5 Å². The number of ether oxygens (including phenoxy) is 2. The van der Waals surface area contributed by atoms with Gasteiger partial charge < -0.3 is 25.2 Å². The molecule has 0 bridgehead atoms. The molecule has 0 saturated heterocycles. The topological polar surface area (TPSA) is 114 Å². The lowest BCUT2D eigenvalue weighted by Gasteiger charge is -2.33. The molecule has 8 heteroatoms. The fourth-order valence-electron chi connectivity index (χ4n) is 4.42. The van der Waals surface area contributed by atoms with E-state index in [0.717, 1.165) is 22.3 Å². The Bertz CT molecular complexity index is 1030. The van der Waals surface area contributed by atoms with Gasteiger partial charge in [-0.1, -0.05) is 61.9 Å². The summed E-state index contributed by atoms with van der Waals surface area (Å²) in [4.78, 5) is 37.6. The van der Waals surface area contributed by atoms with Crippen LogP contribution < -0.4 is 10.6 Å². The average molecular weight is 469 g/mol. The smallest absolute Gasteiger partial charge is 0.408 e. The number of carboxylic acid groups (broad SMARTS) is 1. The van der Waals surface area contributed by atoms with Crippen LogP contribution in [0.3, 0.4) is 0 Å². The van der Waals surface area contributed by atoms with Gasteiger partial charge in [0.15, 0.2) is 0 Å². The Hall–Kier alpha value is -3.39. The van der Waals surface area contributed by atoms with E-state index in [9.17, 15) is 19.5 Å². The first kappa shape index (κ1) is 25.2. The van der Waals surface area contributed by atoms with Crippen LogP contribution in [0.15, 0.2) is 48.5 Å². The fraction of sp³-hybridized carbons (Fsp3) is 0.423. The number of benzene rings is 2. The summed E-state index contributed by atoms with van der Waals surface area (Å²) < 4.78 is 10.7. The van der Waals surface area contributed by atoms with Crippen LogP contribution in [0.4, 0.5) is 4.79 Å². The minimum Gasteiger partial charge on any atom is -0.480 e. The molecule has 3 rings (SSSR count). The van der Waals surface area contributed by atoms with Gasteiger partial charge in [0.1, 0.15) is 17.7 Å². The number of aliphatic carboxylic acids is 1. The molecule has 2 aromatic rings. The quantitative estimate of drug-likeness (QED) is 0.490. The molecule has 2 aromatic carbocycles. The number of hydrogen-bond acceptors (Lipinski definition) is 5. The van der Waals surface area contributed by atoms with Crippen LogP contribution in [0.5, 0.6) is 0 Å². The Morgan fingerprint density at radius 3 is 2.00 bits per heavy atom. The predicted octanol–water partition coefficient (Wildman–Crippen LogP) is 3.69. The van der Waals surface area contributed by atoms with Crippen LogP contribution in [0.1, 0.15) is 50.7 Å². The standard InChI is InChI=1S/C26H32N2O6/c1-5-14-25(2,23(30)31)27-22(29)26(3,16-33-4)28-24(32)34-15-21-19-12-8-6-10-17(19)18-11-7-9-13-20(18)21/h6-13,21H,5,14-16H2,1-4H3,(H,27,29)(H,28,32)(H,30,31). The van der Waals surface area contributed by atoms with E-state index in [1.807, 2.05) is 55.5 Å². The largest absolute Gasteiger partial charge is 0.480 e. The molecule has 0 fully saturated rings. The lowest BCUT2D eigenvalue weighted by atomic mass is 9.93.